The van der Waals surface area contributed by atoms with Gasteiger partial charge in [0.15, 0.2) is 0 Å². The fourth-order valence-corrected chi connectivity index (χ4v) is 3.52. The molecular formula is C16H24N2. The zero-order valence-electron chi connectivity index (χ0n) is 11.4. The molecule has 2 fully saturated rings. The van der Waals surface area contributed by atoms with Crippen molar-refractivity contribution in [1.29, 1.82) is 0 Å². The molecule has 0 amide bonds. The lowest BCUT2D eigenvalue weighted by atomic mass is 9.94. The van der Waals surface area contributed by atoms with E-state index < -0.39 is 0 Å². The van der Waals surface area contributed by atoms with Gasteiger partial charge in [0.2, 0.25) is 0 Å². The Kier molecular flexibility index (Phi) is 3.40. The van der Waals surface area contributed by atoms with Gasteiger partial charge in [0.25, 0.3) is 0 Å². The fraction of sp³-hybridized carbons (Fsp3) is 0.625. The Morgan fingerprint density at radius 2 is 1.89 bits per heavy atom. The molecule has 1 aliphatic carbocycles. The molecule has 1 aromatic rings. The molecule has 1 aliphatic heterocycles. The Morgan fingerprint density at radius 3 is 2.61 bits per heavy atom. The van der Waals surface area contributed by atoms with Crippen LogP contribution in [-0.4, -0.2) is 30.1 Å². The number of benzene rings is 1. The van der Waals surface area contributed by atoms with Crippen LogP contribution in [-0.2, 0) is 6.54 Å². The van der Waals surface area contributed by atoms with Crippen molar-refractivity contribution in [3.63, 3.8) is 0 Å². The van der Waals surface area contributed by atoms with Crippen LogP contribution < -0.4 is 5.32 Å². The van der Waals surface area contributed by atoms with Gasteiger partial charge >= 0.3 is 0 Å². The van der Waals surface area contributed by atoms with Gasteiger partial charge in [-0.3, -0.25) is 4.90 Å². The second-order valence-electron chi connectivity index (χ2n) is 6.11. The van der Waals surface area contributed by atoms with Gasteiger partial charge in [-0.1, -0.05) is 42.7 Å². The summed E-state index contributed by atoms with van der Waals surface area (Å²) in [5.74, 6) is 0. The van der Waals surface area contributed by atoms with Crippen LogP contribution in [0.4, 0.5) is 0 Å². The standard InChI is InChI=1S/C16H24N2/c1-14-4-6-15(7-5-14)12-18-11-10-17-16(13-18)8-2-3-9-16/h4-7,17H,2-3,8-13H2,1H3. The summed E-state index contributed by atoms with van der Waals surface area (Å²) in [6.07, 6.45) is 5.56. The molecule has 0 atom stereocenters. The quantitative estimate of drug-likeness (QED) is 0.860. The summed E-state index contributed by atoms with van der Waals surface area (Å²) in [5, 5.41) is 3.78. The van der Waals surface area contributed by atoms with Gasteiger partial charge in [-0.25, -0.2) is 0 Å². The van der Waals surface area contributed by atoms with E-state index in [-0.39, 0.29) is 0 Å². The first-order valence-electron chi connectivity index (χ1n) is 7.29. The molecule has 18 heavy (non-hydrogen) atoms. The van der Waals surface area contributed by atoms with Crippen molar-refractivity contribution in [2.45, 2.75) is 44.7 Å². The predicted molar refractivity (Wildman–Crippen MR) is 75.7 cm³/mol. The highest BCUT2D eigenvalue weighted by molar-refractivity contribution is 5.21. The Hall–Kier alpha value is -0.860. The molecule has 1 N–H and O–H groups in total. The van der Waals surface area contributed by atoms with Crippen LogP contribution in [0, 0.1) is 6.92 Å². The number of nitrogens with one attached hydrogen (secondary N) is 1. The zero-order valence-corrected chi connectivity index (χ0v) is 11.4. The third-order valence-corrected chi connectivity index (χ3v) is 4.54. The monoisotopic (exact) mass is 244 g/mol. The molecule has 98 valence electrons. The maximum atomic E-state index is 3.78. The highest BCUT2D eigenvalue weighted by Gasteiger charge is 2.37. The predicted octanol–water partition coefficient (Wildman–Crippen LogP) is 2.71. The van der Waals surface area contributed by atoms with Crippen LogP contribution in [0.3, 0.4) is 0 Å². The number of piperazine rings is 1. The summed E-state index contributed by atoms with van der Waals surface area (Å²) in [5.41, 5.74) is 3.25. The number of aryl methyl sites for hydroxylation is 1. The minimum atomic E-state index is 0.447. The lowest BCUT2D eigenvalue weighted by Crippen LogP contribution is -2.58. The number of hydrogen-bond donors (Lipinski definition) is 1. The van der Waals surface area contributed by atoms with Crippen molar-refractivity contribution in [3.05, 3.63) is 35.4 Å². The van der Waals surface area contributed by atoms with Gasteiger partial charge in [0, 0.05) is 31.7 Å². The second-order valence-corrected chi connectivity index (χ2v) is 6.11. The van der Waals surface area contributed by atoms with Crippen LogP contribution in [0.2, 0.25) is 0 Å². The molecule has 0 unspecified atom stereocenters. The molecule has 2 aliphatic rings. The van der Waals surface area contributed by atoms with Crippen molar-refractivity contribution in [1.82, 2.24) is 10.2 Å². The first-order valence-corrected chi connectivity index (χ1v) is 7.29. The Bertz CT molecular complexity index is 390. The van der Waals surface area contributed by atoms with E-state index in [2.05, 4.69) is 41.4 Å². The van der Waals surface area contributed by atoms with E-state index in [0.717, 1.165) is 13.1 Å². The number of hydrogen-bond acceptors (Lipinski definition) is 2. The largest absolute Gasteiger partial charge is 0.309 e. The highest BCUT2D eigenvalue weighted by atomic mass is 15.2. The molecule has 1 spiro atoms. The smallest absolute Gasteiger partial charge is 0.0309 e. The molecule has 2 nitrogen and oxygen atoms in total. The van der Waals surface area contributed by atoms with Gasteiger partial charge in [-0.2, -0.15) is 0 Å². The lowest BCUT2D eigenvalue weighted by molar-refractivity contribution is 0.129. The zero-order chi connectivity index (χ0) is 12.4. The van der Waals surface area contributed by atoms with Crippen LogP contribution in [0.5, 0.6) is 0 Å². The average molecular weight is 244 g/mol. The summed E-state index contributed by atoms with van der Waals surface area (Å²) in [6.45, 7) is 6.86. The number of rotatable bonds is 2. The summed E-state index contributed by atoms with van der Waals surface area (Å²) >= 11 is 0. The van der Waals surface area contributed by atoms with Crippen LogP contribution in [0.25, 0.3) is 0 Å². The maximum Gasteiger partial charge on any atom is 0.0309 e. The van der Waals surface area contributed by atoms with E-state index >= 15 is 0 Å². The lowest BCUT2D eigenvalue weighted by Gasteiger charge is -2.41. The molecule has 0 aromatic heterocycles. The summed E-state index contributed by atoms with van der Waals surface area (Å²) in [7, 11) is 0. The van der Waals surface area contributed by atoms with E-state index in [9.17, 15) is 0 Å². The minimum Gasteiger partial charge on any atom is -0.309 e. The van der Waals surface area contributed by atoms with Crippen LogP contribution in [0.1, 0.15) is 36.8 Å². The van der Waals surface area contributed by atoms with Gasteiger partial charge < -0.3 is 5.32 Å². The van der Waals surface area contributed by atoms with Gasteiger partial charge in [0.1, 0.15) is 0 Å². The highest BCUT2D eigenvalue weighted by Crippen LogP contribution is 2.32. The number of nitrogens with zero attached hydrogens (tertiary/aromatic N) is 1. The Balaban J connectivity index is 1.64. The molecule has 0 radical (unpaired) electrons. The molecule has 1 heterocycles. The second kappa shape index (κ2) is 5.02. The van der Waals surface area contributed by atoms with Crippen molar-refractivity contribution in [2.24, 2.45) is 0 Å². The SMILES string of the molecule is Cc1ccc(CN2CCNC3(CCCC3)C2)cc1. The van der Waals surface area contributed by atoms with Crippen molar-refractivity contribution in [2.75, 3.05) is 19.6 Å². The van der Waals surface area contributed by atoms with E-state index in [0.29, 0.717) is 5.54 Å². The summed E-state index contributed by atoms with van der Waals surface area (Å²) < 4.78 is 0. The summed E-state index contributed by atoms with van der Waals surface area (Å²) in [6, 6.07) is 9.00. The molecule has 3 rings (SSSR count). The molecular weight excluding hydrogens is 220 g/mol. The molecule has 1 aromatic carbocycles. The van der Waals surface area contributed by atoms with E-state index in [1.807, 2.05) is 0 Å². The third kappa shape index (κ3) is 2.60. The third-order valence-electron chi connectivity index (χ3n) is 4.54. The van der Waals surface area contributed by atoms with E-state index in [1.165, 1.54) is 49.9 Å². The summed E-state index contributed by atoms with van der Waals surface area (Å²) in [4.78, 5) is 2.63. The molecule has 2 heteroatoms. The van der Waals surface area contributed by atoms with Gasteiger partial charge in [0.05, 0.1) is 0 Å². The minimum absolute atomic E-state index is 0.447. The topological polar surface area (TPSA) is 15.3 Å². The molecule has 1 saturated heterocycles. The van der Waals surface area contributed by atoms with Crippen molar-refractivity contribution < 1.29 is 0 Å². The van der Waals surface area contributed by atoms with Gasteiger partial charge in [-0.05, 0) is 25.3 Å². The van der Waals surface area contributed by atoms with Crippen LogP contribution in [0.15, 0.2) is 24.3 Å². The molecule has 1 saturated carbocycles. The normalized spacial score (nSPS) is 23.6. The van der Waals surface area contributed by atoms with Gasteiger partial charge in [-0.15, -0.1) is 0 Å². The molecule has 0 bridgehead atoms. The average Bonchev–Trinajstić information content (AvgIpc) is 2.80. The van der Waals surface area contributed by atoms with Crippen molar-refractivity contribution in [3.8, 4) is 0 Å². The Morgan fingerprint density at radius 1 is 1.17 bits per heavy atom. The van der Waals surface area contributed by atoms with Crippen LogP contribution >= 0.6 is 0 Å². The first kappa shape index (κ1) is 12.2. The van der Waals surface area contributed by atoms with E-state index in [4.69, 9.17) is 0 Å². The maximum absolute atomic E-state index is 3.78. The van der Waals surface area contributed by atoms with Crippen molar-refractivity contribution >= 4 is 0 Å². The van der Waals surface area contributed by atoms with E-state index in [1.54, 1.807) is 0 Å². The Labute approximate surface area is 110 Å². The first-order chi connectivity index (χ1) is 8.76. The fourth-order valence-electron chi connectivity index (χ4n) is 3.52.